The van der Waals surface area contributed by atoms with Crippen molar-refractivity contribution in [1.29, 1.82) is 0 Å². The molecule has 0 bridgehead atoms. The van der Waals surface area contributed by atoms with Gasteiger partial charge in [0.15, 0.2) is 0 Å². The standard InChI is InChI=1S/C22H23ClN2O5/c1-14-2-7-17(30-14)19-18(20(26)15-3-5-16(23)6-4-15)21(27)22(28)25(19)9-8-24-10-12-29-13-11-24/h2-7,19,26H,8-13H2,1H3/b20-18+/t19-/m0/s1. The van der Waals surface area contributed by atoms with Crippen LogP contribution in [0.5, 0.6) is 0 Å². The van der Waals surface area contributed by atoms with Crippen LogP contribution in [0, 0.1) is 6.92 Å². The zero-order valence-corrected chi connectivity index (χ0v) is 17.4. The third kappa shape index (κ3) is 4.01. The maximum Gasteiger partial charge on any atom is 0.295 e. The molecule has 2 fully saturated rings. The van der Waals surface area contributed by atoms with E-state index in [0.29, 0.717) is 48.4 Å². The van der Waals surface area contributed by atoms with Crippen LogP contribution in [-0.2, 0) is 14.3 Å². The number of benzene rings is 1. The third-order valence-electron chi connectivity index (χ3n) is 5.45. The van der Waals surface area contributed by atoms with Crippen LogP contribution in [0.4, 0.5) is 0 Å². The van der Waals surface area contributed by atoms with Gasteiger partial charge in [-0.15, -0.1) is 0 Å². The molecule has 4 rings (SSSR count). The molecule has 0 aliphatic carbocycles. The van der Waals surface area contributed by atoms with Gasteiger partial charge in [0.05, 0.1) is 18.8 Å². The average Bonchev–Trinajstić information content (AvgIpc) is 3.28. The van der Waals surface area contributed by atoms with Crippen molar-refractivity contribution in [3.63, 3.8) is 0 Å². The van der Waals surface area contributed by atoms with Gasteiger partial charge in [-0.25, -0.2) is 0 Å². The molecule has 2 aliphatic heterocycles. The number of ketones is 1. The number of aliphatic hydroxyl groups excluding tert-OH is 1. The topological polar surface area (TPSA) is 83.2 Å². The minimum atomic E-state index is -0.782. The largest absolute Gasteiger partial charge is 0.507 e. The summed E-state index contributed by atoms with van der Waals surface area (Å²) in [7, 11) is 0. The fourth-order valence-corrected chi connectivity index (χ4v) is 3.97. The zero-order valence-electron chi connectivity index (χ0n) is 16.6. The quantitative estimate of drug-likeness (QED) is 0.446. The molecule has 0 spiro atoms. The summed E-state index contributed by atoms with van der Waals surface area (Å²) >= 11 is 5.94. The number of morpholine rings is 1. The number of carbonyl (C=O) groups excluding carboxylic acids is 2. The van der Waals surface area contributed by atoms with Crippen LogP contribution in [-0.4, -0.2) is 66.0 Å². The fourth-order valence-electron chi connectivity index (χ4n) is 3.84. The Morgan fingerprint density at radius 1 is 1.10 bits per heavy atom. The second-order valence-electron chi connectivity index (χ2n) is 7.40. The highest BCUT2D eigenvalue weighted by atomic mass is 35.5. The molecule has 1 N–H and O–H groups in total. The SMILES string of the molecule is Cc1ccc([C@H]2/C(=C(\O)c3ccc(Cl)cc3)C(=O)C(=O)N2CCN2CCOCC2)o1. The molecular formula is C22H23ClN2O5. The number of amides is 1. The molecule has 30 heavy (non-hydrogen) atoms. The summed E-state index contributed by atoms with van der Waals surface area (Å²) in [5.41, 5.74) is 0.442. The Bertz CT molecular complexity index is 976. The summed E-state index contributed by atoms with van der Waals surface area (Å²) in [5.74, 6) is -0.487. The van der Waals surface area contributed by atoms with Gasteiger partial charge in [0.2, 0.25) is 0 Å². The molecule has 7 nitrogen and oxygen atoms in total. The third-order valence-corrected chi connectivity index (χ3v) is 5.70. The lowest BCUT2D eigenvalue weighted by Crippen LogP contribution is -2.42. The molecule has 158 valence electrons. The predicted octanol–water partition coefficient (Wildman–Crippen LogP) is 3.00. The van der Waals surface area contributed by atoms with E-state index < -0.39 is 17.7 Å². The Kier molecular flexibility index (Phi) is 5.94. The van der Waals surface area contributed by atoms with E-state index in [1.165, 1.54) is 4.90 Å². The number of aliphatic hydroxyl groups is 1. The first-order valence-corrected chi connectivity index (χ1v) is 10.2. The van der Waals surface area contributed by atoms with Gasteiger partial charge in [-0.2, -0.15) is 0 Å². The van der Waals surface area contributed by atoms with E-state index in [2.05, 4.69) is 4.90 Å². The molecule has 0 unspecified atom stereocenters. The normalized spacial score (nSPS) is 22.1. The number of carbonyl (C=O) groups is 2. The van der Waals surface area contributed by atoms with Crippen molar-refractivity contribution < 1.29 is 23.8 Å². The molecular weight excluding hydrogens is 408 g/mol. The van der Waals surface area contributed by atoms with Gasteiger partial charge in [0.25, 0.3) is 11.7 Å². The van der Waals surface area contributed by atoms with Crippen molar-refractivity contribution in [3.8, 4) is 0 Å². The molecule has 3 heterocycles. The molecule has 2 aromatic rings. The number of rotatable bonds is 5. The Balaban J connectivity index is 1.70. The number of hydrogen-bond donors (Lipinski definition) is 1. The molecule has 0 saturated carbocycles. The first-order chi connectivity index (χ1) is 14.5. The van der Waals surface area contributed by atoms with Crippen LogP contribution in [0.15, 0.2) is 46.4 Å². The van der Waals surface area contributed by atoms with Crippen LogP contribution in [0.3, 0.4) is 0 Å². The number of nitrogens with zero attached hydrogens (tertiary/aromatic N) is 2. The minimum Gasteiger partial charge on any atom is -0.507 e. The monoisotopic (exact) mass is 430 g/mol. The number of halogens is 1. The van der Waals surface area contributed by atoms with Crippen LogP contribution in [0.2, 0.25) is 5.02 Å². The van der Waals surface area contributed by atoms with Crippen molar-refractivity contribution >= 4 is 29.1 Å². The Hall–Kier alpha value is -2.61. The number of ether oxygens (including phenoxy) is 1. The van der Waals surface area contributed by atoms with Crippen LogP contribution >= 0.6 is 11.6 Å². The first kappa shape index (κ1) is 20.7. The molecule has 1 aromatic carbocycles. The van der Waals surface area contributed by atoms with E-state index in [1.54, 1.807) is 43.3 Å². The number of hydrogen-bond acceptors (Lipinski definition) is 6. The second-order valence-corrected chi connectivity index (χ2v) is 7.84. The van der Waals surface area contributed by atoms with Gasteiger partial charge >= 0.3 is 0 Å². The molecule has 0 radical (unpaired) electrons. The summed E-state index contributed by atoms with van der Waals surface area (Å²) in [6, 6.07) is 9.21. The molecule has 1 atom stereocenters. The summed E-state index contributed by atoms with van der Waals surface area (Å²) in [6.45, 7) is 5.59. The maximum atomic E-state index is 12.9. The van der Waals surface area contributed by atoms with Crippen LogP contribution in [0.1, 0.15) is 23.1 Å². The smallest absolute Gasteiger partial charge is 0.295 e. The van der Waals surface area contributed by atoms with Gasteiger partial charge in [-0.05, 0) is 43.3 Å². The summed E-state index contributed by atoms with van der Waals surface area (Å²) < 4.78 is 11.1. The van der Waals surface area contributed by atoms with Crippen molar-refractivity contribution in [3.05, 3.63) is 64.1 Å². The maximum absolute atomic E-state index is 12.9. The van der Waals surface area contributed by atoms with E-state index >= 15 is 0 Å². The van der Waals surface area contributed by atoms with Gasteiger partial charge in [0, 0.05) is 36.8 Å². The summed E-state index contributed by atoms with van der Waals surface area (Å²) in [5, 5.41) is 11.5. The number of likely N-dealkylation sites (tertiary alicyclic amines) is 1. The highest BCUT2D eigenvalue weighted by molar-refractivity contribution is 6.46. The Morgan fingerprint density at radius 3 is 2.43 bits per heavy atom. The number of furan rings is 1. The molecule has 2 saturated heterocycles. The highest BCUT2D eigenvalue weighted by Gasteiger charge is 2.47. The fraction of sp³-hybridized carbons (Fsp3) is 0.364. The molecule has 1 amide bonds. The van der Waals surface area contributed by atoms with E-state index in [0.717, 1.165) is 13.1 Å². The molecule has 2 aliphatic rings. The number of Topliss-reactive ketones (excluding diaryl/α,β-unsaturated/α-hetero) is 1. The van der Waals surface area contributed by atoms with E-state index in [-0.39, 0.29) is 11.3 Å². The summed E-state index contributed by atoms with van der Waals surface area (Å²) in [6.07, 6.45) is 0. The van der Waals surface area contributed by atoms with Crippen molar-refractivity contribution in [2.45, 2.75) is 13.0 Å². The lowest BCUT2D eigenvalue weighted by Gasteiger charge is -2.30. The van der Waals surface area contributed by atoms with Crippen molar-refractivity contribution in [2.75, 3.05) is 39.4 Å². The van der Waals surface area contributed by atoms with E-state index in [1.807, 2.05) is 0 Å². The predicted molar refractivity (Wildman–Crippen MR) is 111 cm³/mol. The highest BCUT2D eigenvalue weighted by Crippen LogP contribution is 2.40. The lowest BCUT2D eigenvalue weighted by atomic mass is 9.99. The second kappa shape index (κ2) is 8.63. The van der Waals surface area contributed by atoms with E-state index in [9.17, 15) is 14.7 Å². The van der Waals surface area contributed by atoms with Crippen molar-refractivity contribution in [2.24, 2.45) is 0 Å². The Morgan fingerprint density at radius 2 is 1.80 bits per heavy atom. The van der Waals surface area contributed by atoms with Crippen LogP contribution in [0.25, 0.3) is 5.76 Å². The van der Waals surface area contributed by atoms with Crippen molar-refractivity contribution in [1.82, 2.24) is 9.80 Å². The van der Waals surface area contributed by atoms with E-state index in [4.69, 9.17) is 20.8 Å². The number of aryl methyl sites for hydroxylation is 1. The minimum absolute atomic E-state index is 0.0265. The zero-order chi connectivity index (χ0) is 21.3. The van der Waals surface area contributed by atoms with Gasteiger partial charge < -0.3 is 19.2 Å². The average molecular weight is 431 g/mol. The van der Waals surface area contributed by atoms with Gasteiger partial charge in [0.1, 0.15) is 23.3 Å². The van der Waals surface area contributed by atoms with Gasteiger partial charge in [-0.3, -0.25) is 14.5 Å². The molecule has 8 heteroatoms. The lowest BCUT2D eigenvalue weighted by molar-refractivity contribution is -0.140. The Labute approximate surface area is 179 Å². The van der Waals surface area contributed by atoms with Crippen LogP contribution < -0.4 is 0 Å². The van der Waals surface area contributed by atoms with Gasteiger partial charge in [-0.1, -0.05) is 11.6 Å². The first-order valence-electron chi connectivity index (χ1n) is 9.86. The molecule has 1 aromatic heterocycles. The summed E-state index contributed by atoms with van der Waals surface area (Å²) in [4.78, 5) is 29.5.